The standard InChI is InChI=1S/C26H31N5O3/c27-25(32)16-21-7-12-30(13-8-21)18-22-5-3-20(4-6-22)9-14-31-15-10-24(17-26(31)33)34-19-23-2-1-11-28-29-23/h1-6,10-11,15,17,21H,7-9,12-14,16,18-19H2,(H2,27,32). The quantitative estimate of drug-likeness (QED) is 0.498. The Morgan fingerprint density at radius 3 is 2.53 bits per heavy atom. The van der Waals surface area contributed by atoms with Crippen LogP contribution in [0.1, 0.15) is 36.1 Å². The fraction of sp³-hybridized carbons (Fsp3) is 0.385. The van der Waals surface area contributed by atoms with Crippen LogP contribution in [-0.4, -0.2) is 38.7 Å². The van der Waals surface area contributed by atoms with Crippen molar-refractivity contribution < 1.29 is 9.53 Å². The molecule has 0 bridgehead atoms. The van der Waals surface area contributed by atoms with Gasteiger partial charge in [0.25, 0.3) is 5.56 Å². The van der Waals surface area contributed by atoms with Gasteiger partial charge in [0.1, 0.15) is 18.1 Å². The maximum absolute atomic E-state index is 12.5. The first-order valence-electron chi connectivity index (χ1n) is 11.7. The van der Waals surface area contributed by atoms with Gasteiger partial charge in [-0.25, -0.2) is 0 Å². The van der Waals surface area contributed by atoms with Gasteiger partial charge in [-0.2, -0.15) is 10.2 Å². The summed E-state index contributed by atoms with van der Waals surface area (Å²) in [6.07, 6.45) is 6.71. The van der Waals surface area contributed by atoms with E-state index in [1.165, 1.54) is 17.2 Å². The molecule has 0 atom stereocenters. The number of likely N-dealkylation sites (tertiary alicyclic amines) is 1. The Labute approximate surface area is 199 Å². The third kappa shape index (κ3) is 6.99. The summed E-state index contributed by atoms with van der Waals surface area (Å²) in [5, 5.41) is 7.79. The van der Waals surface area contributed by atoms with Crippen molar-refractivity contribution in [2.45, 2.75) is 45.4 Å². The molecule has 0 radical (unpaired) electrons. The van der Waals surface area contributed by atoms with Crippen molar-refractivity contribution in [2.24, 2.45) is 11.7 Å². The van der Waals surface area contributed by atoms with Gasteiger partial charge < -0.3 is 15.0 Å². The predicted octanol–water partition coefficient (Wildman–Crippen LogP) is 2.55. The van der Waals surface area contributed by atoms with Crippen molar-refractivity contribution in [3.63, 3.8) is 0 Å². The second-order valence-corrected chi connectivity index (χ2v) is 8.85. The van der Waals surface area contributed by atoms with E-state index in [0.717, 1.165) is 38.9 Å². The molecule has 1 aliphatic rings. The second kappa shape index (κ2) is 11.6. The van der Waals surface area contributed by atoms with E-state index >= 15 is 0 Å². The smallest absolute Gasteiger partial charge is 0.254 e. The molecule has 3 heterocycles. The van der Waals surface area contributed by atoms with Gasteiger partial charge in [-0.15, -0.1) is 0 Å². The summed E-state index contributed by atoms with van der Waals surface area (Å²) in [5.41, 5.74) is 8.41. The van der Waals surface area contributed by atoms with Crippen LogP contribution in [0.4, 0.5) is 0 Å². The van der Waals surface area contributed by atoms with Gasteiger partial charge in [-0.1, -0.05) is 24.3 Å². The van der Waals surface area contributed by atoms with Crippen molar-refractivity contribution >= 4 is 5.91 Å². The van der Waals surface area contributed by atoms with Gasteiger partial charge in [0.05, 0.1) is 0 Å². The summed E-state index contributed by atoms with van der Waals surface area (Å²) in [4.78, 5) is 26.0. The lowest BCUT2D eigenvalue weighted by atomic mass is 9.93. The number of amides is 1. The van der Waals surface area contributed by atoms with Crippen molar-refractivity contribution in [2.75, 3.05) is 13.1 Å². The second-order valence-electron chi connectivity index (χ2n) is 8.85. The lowest BCUT2D eigenvalue weighted by Crippen LogP contribution is -2.34. The third-order valence-corrected chi connectivity index (χ3v) is 6.25. The first-order valence-corrected chi connectivity index (χ1v) is 11.7. The third-order valence-electron chi connectivity index (χ3n) is 6.25. The monoisotopic (exact) mass is 461 g/mol. The number of aryl methyl sites for hydroxylation is 2. The van der Waals surface area contributed by atoms with Gasteiger partial charge in [-0.05, 0) is 67.6 Å². The van der Waals surface area contributed by atoms with Crippen LogP contribution in [-0.2, 0) is 30.9 Å². The summed E-state index contributed by atoms with van der Waals surface area (Å²) in [6.45, 7) is 3.80. The van der Waals surface area contributed by atoms with Crippen LogP contribution >= 0.6 is 0 Å². The molecule has 34 heavy (non-hydrogen) atoms. The van der Waals surface area contributed by atoms with Gasteiger partial charge in [-0.3, -0.25) is 14.5 Å². The van der Waals surface area contributed by atoms with Crippen LogP contribution in [0, 0.1) is 5.92 Å². The average Bonchev–Trinajstić information content (AvgIpc) is 2.85. The van der Waals surface area contributed by atoms with Crippen LogP contribution in [0.2, 0.25) is 0 Å². The predicted molar refractivity (Wildman–Crippen MR) is 129 cm³/mol. The van der Waals surface area contributed by atoms with E-state index in [1.54, 1.807) is 29.1 Å². The molecule has 1 fully saturated rings. The molecule has 178 valence electrons. The molecule has 4 rings (SSSR count). The molecule has 8 heteroatoms. The molecule has 1 saturated heterocycles. The number of pyridine rings is 1. The van der Waals surface area contributed by atoms with Crippen molar-refractivity contribution in [1.82, 2.24) is 19.7 Å². The molecule has 1 aromatic carbocycles. The molecular weight excluding hydrogens is 430 g/mol. The van der Waals surface area contributed by atoms with E-state index in [2.05, 4.69) is 39.4 Å². The summed E-state index contributed by atoms with van der Waals surface area (Å²) in [5.74, 6) is 0.757. The van der Waals surface area contributed by atoms with E-state index < -0.39 is 0 Å². The molecule has 3 aromatic rings. The first-order chi connectivity index (χ1) is 16.5. The highest BCUT2D eigenvalue weighted by Crippen LogP contribution is 2.21. The number of rotatable bonds is 10. The Morgan fingerprint density at radius 1 is 1.09 bits per heavy atom. The van der Waals surface area contributed by atoms with Gasteiger partial charge in [0, 0.05) is 38.0 Å². The first kappa shape index (κ1) is 23.6. The number of carbonyl (C=O) groups is 1. The number of hydrogen-bond acceptors (Lipinski definition) is 6. The molecule has 2 aromatic heterocycles. The minimum Gasteiger partial charge on any atom is -0.487 e. The summed E-state index contributed by atoms with van der Waals surface area (Å²) in [6, 6.07) is 15.5. The van der Waals surface area contributed by atoms with Crippen LogP contribution in [0.5, 0.6) is 5.75 Å². The van der Waals surface area contributed by atoms with Gasteiger partial charge in [0.2, 0.25) is 5.91 Å². The van der Waals surface area contributed by atoms with Crippen molar-refractivity contribution in [3.8, 4) is 5.75 Å². The van der Waals surface area contributed by atoms with E-state index in [4.69, 9.17) is 10.5 Å². The minimum absolute atomic E-state index is 0.0898. The highest BCUT2D eigenvalue weighted by Gasteiger charge is 2.20. The Kier molecular flexibility index (Phi) is 8.04. The maximum atomic E-state index is 12.5. The Bertz CT molecular complexity index is 1120. The number of ether oxygens (including phenoxy) is 1. The average molecular weight is 462 g/mol. The van der Waals surface area contributed by atoms with Crippen molar-refractivity contribution in [1.29, 1.82) is 0 Å². The largest absolute Gasteiger partial charge is 0.487 e. The maximum Gasteiger partial charge on any atom is 0.254 e. The molecule has 0 unspecified atom stereocenters. The number of carbonyl (C=O) groups excluding carboxylic acids is 1. The Morgan fingerprint density at radius 2 is 1.85 bits per heavy atom. The van der Waals surface area contributed by atoms with E-state index in [-0.39, 0.29) is 18.1 Å². The SMILES string of the molecule is NC(=O)CC1CCN(Cc2ccc(CCn3ccc(OCc4cccnn4)cc3=O)cc2)CC1. The fourth-order valence-corrected chi connectivity index (χ4v) is 4.28. The molecule has 1 amide bonds. The number of aromatic nitrogens is 3. The van der Waals surface area contributed by atoms with Crippen molar-refractivity contribution in [3.05, 3.63) is 88.1 Å². The summed E-state index contributed by atoms with van der Waals surface area (Å²) >= 11 is 0. The Hall–Kier alpha value is -3.52. The molecule has 0 saturated carbocycles. The Balaban J connectivity index is 1.23. The zero-order valence-corrected chi connectivity index (χ0v) is 19.3. The number of nitrogens with zero attached hydrogens (tertiary/aromatic N) is 4. The zero-order valence-electron chi connectivity index (χ0n) is 19.3. The number of hydrogen-bond donors (Lipinski definition) is 1. The van der Waals surface area contributed by atoms with E-state index in [1.807, 2.05) is 6.07 Å². The summed E-state index contributed by atoms with van der Waals surface area (Å²) < 4.78 is 7.34. The van der Waals surface area contributed by atoms with Crippen LogP contribution in [0.15, 0.2) is 65.7 Å². The molecule has 1 aliphatic heterocycles. The fourth-order valence-electron chi connectivity index (χ4n) is 4.28. The van der Waals surface area contributed by atoms with Crippen LogP contribution in [0.3, 0.4) is 0 Å². The lowest BCUT2D eigenvalue weighted by molar-refractivity contribution is -0.119. The molecular formula is C26H31N5O3. The molecule has 0 spiro atoms. The number of benzene rings is 1. The van der Waals surface area contributed by atoms with Crippen LogP contribution < -0.4 is 16.0 Å². The number of primary amides is 1. The molecule has 8 nitrogen and oxygen atoms in total. The number of nitrogens with two attached hydrogens (primary N) is 1. The minimum atomic E-state index is -0.195. The normalized spacial score (nSPS) is 14.7. The van der Waals surface area contributed by atoms with Gasteiger partial charge in [0.15, 0.2) is 0 Å². The van der Waals surface area contributed by atoms with Crippen LogP contribution in [0.25, 0.3) is 0 Å². The molecule has 2 N–H and O–H groups in total. The highest BCUT2D eigenvalue weighted by atomic mass is 16.5. The molecule has 0 aliphatic carbocycles. The number of piperidine rings is 1. The topological polar surface area (TPSA) is 103 Å². The highest BCUT2D eigenvalue weighted by molar-refractivity contribution is 5.73. The van der Waals surface area contributed by atoms with E-state index in [9.17, 15) is 9.59 Å². The van der Waals surface area contributed by atoms with E-state index in [0.29, 0.717) is 30.3 Å². The summed E-state index contributed by atoms with van der Waals surface area (Å²) in [7, 11) is 0. The van der Waals surface area contributed by atoms with Gasteiger partial charge >= 0.3 is 0 Å². The zero-order chi connectivity index (χ0) is 23.8. The lowest BCUT2D eigenvalue weighted by Gasteiger charge is -2.31.